The minimum absolute atomic E-state index is 0.0626. The zero-order chi connectivity index (χ0) is 19.0. The van der Waals surface area contributed by atoms with Crippen molar-refractivity contribution in [2.45, 2.75) is 26.3 Å². The lowest BCUT2D eigenvalue weighted by Crippen LogP contribution is -2.42. The van der Waals surface area contributed by atoms with Crippen LogP contribution in [-0.2, 0) is 6.54 Å². The SMILES string of the molecule is Cc1nccn1C[C@H]1CCCN(C(=O)c2c[nH]c3c(F)cccc3c2=O)C1. The second kappa shape index (κ2) is 6.98. The van der Waals surface area contributed by atoms with Gasteiger partial charge in [-0.25, -0.2) is 9.37 Å². The predicted molar refractivity (Wildman–Crippen MR) is 100 cm³/mol. The summed E-state index contributed by atoms with van der Waals surface area (Å²) in [5, 5.41) is 0.198. The first-order valence-corrected chi connectivity index (χ1v) is 9.11. The molecule has 2 aromatic heterocycles. The number of benzene rings is 1. The third kappa shape index (κ3) is 3.25. The highest BCUT2D eigenvalue weighted by Crippen LogP contribution is 2.21. The third-order valence-electron chi connectivity index (χ3n) is 5.28. The first kappa shape index (κ1) is 17.5. The Morgan fingerprint density at radius 3 is 3.04 bits per heavy atom. The zero-order valence-electron chi connectivity index (χ0n) is 15.1. The Morgan fingerprint density at radius 2 is 2.26 bits per heavy atom. The average molecular weight is 368 g/mol. The topological polar surface area (TPSA) is 71.0 Å². The number of piperidine rings is 1. The van der Waals surface area contributed by atoms with Gasteiger partial charge in [-0.1, -0.05) is 6.07 Å². The Labute approximate surface area is 155 Å². The number of hydrogen-bond acceptors (Lipinski definition) is 3. The van der Waals surface area contributed by atoms with Gasteiger partial charge in [0, 0.05) is 43.6 Å². The number of hydrogen-bond donors (Lipinski definition) is 1. The van der Waals surface area contributed by atoms with Gasteiger partial charge in [-0.05, 0) is 37.8 Å². The number of aryl methyl sites for hydroxylation is 1. The summed E-state index contributed by atoms with van der Waals surface area (Å²) in [6.45, 7) is 3.98. The molecule has 1 aliphatic heterocycles. The lowest BCUT2D eigenvalue weighted by Gasteiger charge is -2.33. The quantitative estimate of drug-likeness (QED) is 0.773. The molecular formula is C20H21FN4O2. The second-order valence-corrected chi connectivity index (χ2v) is 7.08. The zero-order valence-corrected chi connectivity index (χ0v) is 15.1. The van der Waals surface area contributed by atoms with Gasteiger partial charge in [0.25, 0.3) is 5.91 Å². The fraction of sp³-hybridized carbons (Fsp3) is 0.350. The van der Waals surface area contributed by atoms with Gasteiger partial charge in [-0.15, -0.1) is 0 Å². The minimum atomic E-state index is -0.502. The lowest BCUT2D eigenvalue weighted by molar-refractivity contribution is 0.0660. The Hall–Kier alpha value is -2.96. The smallest absolute Gasteiger partial charge is 0.259 e. The number of H-pyrrole nitrogens is 1. The van der Waals surface area contributed by atoms with Gasteiger partial charge in [-0.3, -0.25) is 9.59 Å². The third-order valence-corrected chi connectivity index (χ3v) is 5.28. The summed E-state index contributed by atoms with van der Waals surface area (Å²) in [4.78, 5) is 34.4. The maximum atomic E-state index is 13.8. The number of amides is 1. The van der Waals surface area contributed by atoms with Crippen LogP contribution in [-0.4, -0.2) is 38.4 Å². The molecule has 4 rings (SSSR count). The van der Waals surface area contributed by atoms with Gasteiger partial charge < -0.3 is 14.5 Å². The number of fused-ring (bicyclic) bond motifs is 1. The number of carbonyl (C=O) groups is 1. The van der Waals surface area contributed by atoms with Crippen LogP contribution in [0.2, 0.25) is 0 Å². The number of nitrogens with one attached hydrogen (secondary N) is 1. The molecule has 27 heavy (non-hydrogen) atoms. The number of pyridine rings is 1. The van der Waals surface area contributed by atoms with Crippen LogP contribution in [0.5, 0.6) is 0 Å². The van der Waals surface area contributed by atoms with E-state index >= 15 is 0 Å². The van der Waals surface area contributed by atoms with Crippen molar-refractivity contribution in [1.82, 2.24) is 19.4 Å². The van der Waals surface area contributed by atoms with Gasteiger partial charge in [0.05, 0.1) is 5.52 Å². The van der Waals surface area contributed by atoms with Crippen LogP contribution in [0.15, 0.2) is 41.6 Å². The van der Waals surface area contributed by atoms with Crippen molar-refractivity contribution < 1.29 is 9.18 Å². The van der Waals surface area contributed by atoms with Crippen molar-refractivity contribution in [2.24, 2.45) is 5.92 Å². The number of carbonyl (C=O) groups excluding carboxylic acids is 1. The first-order valence-electron chi connectivity index (χ1n) is 9.11. The maximum absolute atomic E-state index is 13.8. The van der Waals surface area contributed by atoms with E-state index in [2.05, 4.69) is 14.5 Å². The van der Waals surface area contributed by atoms with Gasteiger partial charge >= 0.3 is 0 Å². The van der Waals surface area contributed by atoms with E-state index < -0.39 is 11.2 Å². The molecular weight excluding hydrogens is 347 g/mol. The normalized spacial score (nSPS) is 17.4. The van der Waals surface area contributed by atoms with E-state index in [4.69, 9.17) is 0 Å². The van der Waals surface area contributed by atoms with Crippen LogP contribution >= 0.6 is 0 Å². The molecule has 1 aliphatic rings. The number of imidazole rings is 1. The Morgan fingerprint density at radius 1 is 1.41 bits per heavy atom. The van der Waals surface area contributed by atoms with Crippen LogP contribution in [0.4, 0.5) is 4.39 Å². The van der Waals surface area contributed by atoms with Crippen LogP contribution in [0.25, 0.3) is 10.9 Å². The van der Waals surface area contributed by atoms with Crippen molar-refractivity contribution in [3.63, 3.8) is 0 Å². The number of nitrogens with zero attached hydrogens (tertiary/aromatic N) is 3. The molecule has 1 atom stereocenters. The number of para-hydroxylation sites is 1. The van der Waals surface area contributed by atoms with Crippen molar-refractivity contribution in [3.05, 3.63) is 64.2 Å². The van der Waals surface area contributed by atoms with Crippen LogP contribution < -0.4 is 5.43 Å². The van der Waals surface area contributed by atoms with Gasteiger partial charge in [0.2, 0.25) is 5.43 Å². The molecule has 1 amide bonds. The summed E-state index contributed by atoms with van der Waals surface area (Å²) in [5.41, 5.74) is -0.237. The van der Waals surface area contributed by atoms with E-state index in [1.54, 1.807) is 11.1 Å². The van der Waals surface area contributed by atoms with Crippen LogP contribution in [0, 0.1) is 18.7 Å². The highest BCUT2D eigenvalue weighted by atomic mass is 19.1. The molecule has 1 saturated heterocycles. The Bertz CT molecular complexity index is 1060. The molecule has 0 spiro atoms. The molecule has 0 radical (unpaired) electrons. The number of halogens is 1. The van der Waals surface area contributed by atoms with Crippen molar-refractivity contribution >= 4 is 16.8 Å². The predicted octanol–water partition coefficient (Wildman–Crippen LogP) is 2.72. The van der Waals surface area contributed by atoms with E-state index in [0.717, 1.165) is 25.2 Å². The van der Waals surface area contributed by atoms with E-state index in [-0.39, 0.29) is 22.4 Å². The van der Waals surface area contributed by atoms with Crippen molar-refractivity contribution in [1.29, 1.82) is 0 Å². The molecule has 0 bridgehead atoms. The molecule has 6 nitrogen and oxygen atoms in total. The van der Waals surface area contributed by atoms with Gasteiger partial charge in [0.15, 0.2) is 0 Å². The summed E-state index contributed by atoms with van der Waals surface area (Å²) in [5.74, 6) is 0.464. The fourth-order valence-corrected chi connectivity index (χ4v) is 3.82. The summed E-state index contributed by atoms with van der Waals surface area (Å²) in [7, 11) is 0. The highest BCUT2D eigenvalue weighted by Gasteiger charge is 2.27. The second-order valence-electron chi connectivity index (χ2n) is 7.08. The molecule has 3 heterocycles. The van der Waals surface area contributed by atoms with E-state index in [1.807, 2.05) is 13.1 Å². The summed E-state index contributed by atoms with van der Waals surface area (Å²) in [6, 6.07) is 4.30. The average Bonchev–Trinajstić information content (AvgIpc) is 3.07. The van der Waals surface area contributed by atoms with Crippen LogP contribution in [0.3, 0.4) is 0 Å². The maximum Gasteiger partial charge on any atom is 0.259 e. The number of aromatic nitrogens is 3. The molecule has 1 aromatic carbocycles. The lowest BCUT2D eigenvalue weighted by atomic mass is 9.97. The largest absolute Gasteiger partial charge is 0.358 e. The van der Waals surface area contributed by atoms with Crippen molar-refractivity contribution in [3.8, 4) is 0 Å². The van der Waals surface area contributed by atoms with Gasteiger partial charge in [-0.2, -0.15) is 0 Å². The summed E-state index contributed by atoms with van der Waals surface area (Å²) < 4.78 is 15.9. The number of likely N-dealkylation sites (tertiary alicyclic amines) is 1. The minimum Gasteiger partial charge on any atom is -0.358 e. The van der Waals surface area contributed by atoms with Gasteiger partial charge in [0.1, 0.15) is 17.2 Å². The van der Waals surface area contributed by atoms with E-state index in [9.17, 15) is 14.0 Å². The van der Waals surface area contributed by atoms with Crippen LogP contribution in [0.1, 0.15) is 29.0 Å². The monoisotopic (exact) mass is 368 g/mol. The highest BCUT2D eigenvalue weighted by molar-refractivity contribution is 5.97. The Kier molecular flexibility index (Phi) is 4.51. The molecule has 0 unspecified atom stereocenters. The first-order chi connectivity index (χ1) is 13.0. The molecule has 0 saturated carbocycles. The fourth-order valence-electron chi connectivity index (χ4n) is 3.82. The standard InChI is InChI=1S/C20H21FN4O2/c1-13-22-7-9-24(13)11-14-4-3-8-25(12-14)20(27)16-10-23-18-15(19(16)26)5-2-6-17(18)21/h2,5-7,9-10,14H,3-4,8,11-12H2,1H3,(H,23,26)/t14-/m1/s1. The van der Waals surface area contributed by atoms with E-state index in [1.165, 1.54) is 24.4 Å². The molecule has 140 valence electrons. The molecule has 1 fully saturated rings. The summed E-state index contributed by atoms with van der Waals surface area (Å²) in [6.07, 6.45) is 6.97. The Balaban J connectivity index is 1.57. The molecule has 7 heteroatoms. The molecule has 1 N–H and O–H groups in total. The summed E-state index contributed by atoms with van der Waals surface area (Å²) >= 11 is 0. The number of aromatic amines is 1. The van der Waals surface area contributed by atoms with E-state index in [0.29, 0.717) is 19.0 Å². The van der Waals surface area contributed by atoms with Crippen molar-refractivity contribution in [2.75, 3.05) is 13.1 Å². The molecule has 3 aromatic rings. The number of rotatable bonds is 3. The molecule has 0 aliphatic carbocycles.